The average molecular weight is 1820 g/mol. The Morgan fingerprint density at radius 2 is 0.596 bits per heavy atom. The number of pyridine rings is 10. The molecule has 0 atom stereocenters. The first kappa shape index (κ1) is 111. The van der Waals surface area contributed by atoms with Gasteiger partial charge in [-0.05, 0) is 255 Å². The smallest absolute Gasteiger partial charge is 0.161 e. The molecule has 1 aliphatic heterocycles. The van der Waals surface area contributed by atoms with Crippen LogP contribution in [0.2, 0.25) is 0 Å². The number of benzene rings is 4. The zero-order valence-electron chi connectivity index (χ0n) is 85.8. The molecule has 0 saturated heterocycles. The summed E-state index contributed by atoms with van der Waals surface area (Å²) in [5.41, 5.74) is 20.5. The van der Waals surface area contributed by atoms with E-state index < -0.39 is 0 Å². The van der Waals surface area contributed by atoms with E-state index in [9.17, 15) is 0 Å². The van der Waals surface area contributed by atoms with Crippen LogP contribution in [0.4, 0.5) is 0 Å². The van der Waals surface area contributed by atoms with Gasteiger partial charge in [-0.2, -0.15) is 0 Å². The lowest BCUT2D eigenvalue weighted by Crippen LogP contribution is -2.15. The number of rotatable bonds is 13. The van der Waals surface area contributed by atoms with Crippen molar-refractivity contribution in [1.29, 1.82) is 0 Å². The molecule has 0 radical (unpaired) electrons. The molecular weight excluding hydrogens is 1670 g/mol. The number of para-hydroxylation sites is 1. The fourth-order valence-electron chi connectivity index (χ4n) is 12.6. The van der Waals surface area contributed by atoms with E-state index in [0.717, 1.165) is 62.1 Å². The number of aromatic nitrogens is 15. The van der Waals surface area contributed by atoms with Crippen LogP contribution in [-0.2, 0) is 0 Å². The van der Waals surface area contributed by atoms with E-state index in [4.69, 9.17) is 9.47 Å². The Kier molecular flexibility index (Phi) is 50.8. The number of imidazole rings is 1. The van der Waals surface area contributed by atoms with Gasteiger partial charge in [0.2, 0.25) is 0 Å². The SMILES string of the molecule is CC(C)c1ccc2c(c1)OCCO2.CC(C)c1ccc2ncccc2c1.CC(C)c1ccc2nccn2c1.CC(C)c1ccc2nccnc2c1.CC(C)c1ccccn1.CC(C)c1ccccn1.CC(C)c1ccccn1.CC(C)c1cccnc1.CC(C)c1cccnc1.CC(C)c1cccnc1.CC(C)c1ccncc1.CC(C)c1cnc2ccccc2c1.CC(C)c1ncccn1. The van der Waals surface area contributed by atoms with Crippen molar-refractivity contribution in [2.24, 2.45) is 0 Å². The lowest BCUT2D eigenvalue weighted by atomic mass is 10.0. The summed E-state index contributed by atoms with van der Waals surface area (Å²) < 4.78 is 13.0. The van der Waals surface area contributed by atoms with Crippen LogP contribution in [0.15, 0.2) is 342 Å². The van der Waals surface area contributed by atoms with Gasteiger partial charge in [-0.15, -0.1) is 0 Å². The lowest BCUT2D eigenvalue weighted by molar-refractivity contribution is 0.171. The zero-order chi connectivity index (χ0) is 99.1. The van der Waals surface area contributed by atoms with Crippen LogP contribution >= 0.6 is 0 Å². The maximum absolute atomic E-state index is 5.49. The van der Waals surface area contributed by atoms with Crippen LogP contribution < -0.4 is 9.47 Å². The Labute approximate surface area is 814 Å². The topological polar surface area (TPSA) is 203 Å². The molecule has 0 spiro atoms. The Morgan fingerprint density at radius 3 is 1.01 bits per heavy atom. The summed E-state index contributed by atoms with van der Waals surface area (Å²) in [6.45, 7) is 57.5. The fraction of sp³-hybridized carbons (Fsp3) is 0.345. The van der Waals surface area contributed by atoms with Gasteiger partial charge in [-0.1, -0.05) is 265 Å². The van der Waals surface area contributed by atoms with Crippen molar-refractivity contribution in [1.82, 2.24) is 74.2 Å². The van der Waals surface area contributed by atoms with Crippen LogP contribution in [0.3, 0.4) is 0 Å². The third-order valence-corrected chi connectivity index (χ3v) is 21.4. The fourth-order valence-corrected chi connectivity index (χ4v) is 12.6. The third kappa shape index (κ3) is 42.4. The Hall–Kier alpha value is -13.5. The Balaban J connectivity index is 0.000000227. The van der Waals surface area contributed by atoms with E-state index in [0.29, 0.717) is 90.1 Å². The van der Waals surface area contributed by atoms with E-state index in [1.807, 2.05) is 202 Å². The number of ether oxygens (including phenoxy) is 2. The molecule has 0 fully saturated rings. The van der Waals surface area contributed by atoms with Gasteiger partial charge >= 0.3 is 0 Å². The largest absolute Gasteiger partial charge is 0.486 e. The summed E-state index contributed by atoms with van der Waals surface area (Å²) in [5, 5.41) is 2.46. The molecule has 0 amide bonds. The van der Waals surface area contributed by atoms with Gasteiger partial charge in [0.05, 0.1) is 22.1 Å². The maximum atomic E-state index is 5.49. The molecule has 17 aromatic rings. The zero-order valence-corrected chi connectivity index (χ0v) is 85.8. The highest BCUT2D eigenvalue weighted by atomic mass is 16.6. The summed E-state index contributed by atoms with van der Waals surface area (Å²) in [5.74, 6) is 9.96. The van der Waals surface area contributed by atoms with Crippen molar-refractivity contribution in [3.8, 4) is 11.5 Å². The minimum absolute atomic E-state index is 0.436. The third-order valence-electron chi connectivity index (χ3n) is 21.4. The maximum Gasteiger partial charge on any atom is 0.161 e. The molecule has 14 heterocycles. The van der Waals surface area contributed by atoms with Crippen molar-refractivity contribution < 1.29 is 9.47 Å². The molecule has 13 aromatic heterocycles. The van der Waals surface area contributed by atoms with Crippen molar-refractivity contribution in [2.45, 2.75) is 257 Å². The highest BCUT2D eigenvalue weighted by molar-refractivity contribution is 5.80. The van der Waals surface area contributed by atoms with Crippen molar-refractivity contribution in [3.63, 3.8) is 0 Å². The normalized spacial score (nSPS) is 10.9. The molecular formula is C119H151N15O2. The van der Waals surface area contributed by atoms with Gasteiger partial charge in [0.15, 0.2) is 11.5 Å². The van der Waals surface area contributed by atoms with Crippen LogP contribution in [0.1, 0.15) is 330 Å². The summed E-state index contributed by atoms with van der Waals surface area (Å²) in [7, 11) is 0. The molecule has 17 heteroatoms. The van der Waals surface area contributed by atoms with E-state index in [2.05, 4.69) is 351 Å². The molecule has 17 nitrogen and oxygen atoms in total. The first-order valence-corrected chi connectivity index (χ1v) is 48.1. The summed E-state index contributed by atoms with van der Waals surface area (Å²) in [6.07, 6.45) is 37.0. The van der Waals surface area contributed by atoms with Crippen molar-refractivity contribution in [2.75, 3.05) is 13.2 Å². The standard InChI is InChI=1S/2C12H13N.C11H12N2.C11H14O2.C10H12N2.7C8H11N.C7H10N2/c1-9(2)10-5-6-12-11(8-10)4-3-7-13-12;1-9(2)11-7-10-5-3-4-6-12(10)13-8-11;2*1-8(2)9-3-4-10-11(7-9)13-6-5-12-10;1-8(2)9-3-4-10-11-5-6-12(10)7-9;1-7(2)8-3-5-9-6-4-8;3*1-7(2)8-4-3-5-9-6-8;3*1-7(2)8-5-3-4-6-9-8;1-6(2)7-8-4-3-5-9-7/h2*3-9H,1-2H3;3-8H,1-2H3;3-4,7-8H,5-6H2,1-2H3;3-8H,1-2H3;7*3-7H,1-2H3;3-6H,1-2H3. The highest BCUT2D eigenvalue weighted by Crippen LogP contribution is 2.33. The molecule has 714 valence electrons. The molecule has 0 N–H and O–H groups in total. The highest BCUT2D eigenvalue weighted by Gasteiger charge is 2.14. The number of fused-ring (bicyclic) bond motifs is 5. The number of hydrogen-bond donors (Lipinski definition) is 0. The molecule has 0 aliphatic carbocycles. The first-order valence-electron chi connectivity index (χ1n) is 48.1. The van der Waals surface area contributed by atoms with E-state index in [1.165, 1.54) is 60.8 Å². The van der Waals surface area contributed by atoms with Gasteiger partial charge in [-0.25, -0.2) is 15.0 Å². The molecule has 18 rings (SSSR count). The predicted molar refractivity (Wildman–Crippen MR) is 570 cm³/mol. The van der Waals surface area contributed by atoms with Crippen molar-refractivity contribution >= 4 is 38.5 Å². The molecule has 136 heavy (non-hydrogen) atoms. The van der Waals surface area contributed by atoms with Gasteiger partial charge < -0.3 is 13.9 Å². The lowest BCUT2D eigenvalue weighted by Gasteiger charge is -2.19. The predicted octanol–water partition coefficient (Wildman–Crippen LogP) is 31.5. The summed E-state index contributed by atoms with van der Waals surface area (Å²) >= 11 is 0. The van der Waals surface area contributed by atoms with E-state index in [-0.39, 0.29) is 0 Å². The average Bonchev–Trinajstić information content (AvgIpc) is 1.53. The second kappa shape index (κ2) is 62.1. The van der Waals surface area contributed by atoms with Crippen LogP contribution in [0.25, 0.3) is 38.5 Å². The molecule has 4 aromatic carbocycles. The second-order valence-corrected chi connectivity index (χ2v) is 36.8. The minimum atomic E-state index is 0.436. The van der Waals surface area contributed by atoms with Crippen LogP contribution in [0.5, 0.6) is 11.5 Å². The quantitative estimate of drug-likeness (QED) is 0.105. The molecule has 1 aliphatic rings. The Morgan fingerprint density at radius 1 is 0.213 bits per heavy atom. The Bertz CT molecular complexity index is 5270. The molecule has 0 bridgehead atoms. The van der Waals surface area contributed by atoms with Gasteiger partial charge in [-0.3, -0.25) is 54.8 Å². The first-order chi connectivity index (χ1) is 65.3. The molecule has 0 saturated carbocycles. The number of hydrogen-bond acceptors (Lipinski definition) is 16. The van der Waals surface area contributed by atoms with E-state index in [1.54, 1.807) is 43.4 Å². The van der Waals surface area contributed by atoms with Crippen molar-refractivity contribution in [3.05, 3.63) is 415 Å². The number of nitrogens with zero attached hydrogens (tertiary/aromatic N) is 15. The summed E-state index contributed by atoms with van der Waals surface area (Å²) in [6, 6.07) is 73.7. The second-order valence-electron chi connectivity index (χ2n) is 36.8. The van der Waals surface area contributed by atoms with Crippen LogP contribution in [0, 0.1) is 0 Å². The monoisotopic (exact) mass is 1820 g/mol. The summed E-state index contributed by atoms with van der Waals surface area (Å²) in [4.78, 5) is 58.0. The van der Waals surface area contributed by atoms with Crippen LogP contribution in [-0.4, -0.2) is 87.4 Å². The minimum Gasteiger partial charge on any atom is -0.486 e. The van der Waals surface area contributed by atoms with E-state index >= 15 is 0 Å². The van der Waals surface area contributed by atoms with Gasteiger partial charge in [0.25, 0.3) is 0 Å². The van der Waals surface area contributed by atoms with Gasteiger partial charge in [0, 0.05) is 158 Å². The van der Waals surface area contributed by atoms with Gasteiger partial charge in [0.1, 0.15) is 24.7 Å². The molecule has 0 unspecified atom stereocenters.